The first kappa shape index (κ1) is 18.3. The summed E-state index contributed by atoms with van der Waals surface area (Å²) in [7, 11) is 4.23. The molecule has 1 N–H and O–H groups in total. The number of hydrogen-bond acceptors (Lipinski definition) is 3. The Hall–Kier alpha value is -0.770. The molecule has 0 aliphatic heterocycles. The van der Waals surface area contributed by atoms with E-state index in [4.69, 9.17) is 11.6 Å². The van der Waals surface area contributed by atoms with Gasteiger partial charge in [-0.15, -0.1) is 0 Å². The summed E-state index contributed by atoms with van der Waals surface area (Å²) in [5.41, 5.74) is 2.47. The normalized spacial score (nSPS) is 11.4. The second kappa shape index (κ2) is 9.29. The highest BCUT2D eigenvalue weighted by atomic mass is 35.5. The fourth-order valence-electron chi connectivity index (χ4n) is 2.27. The first-order valence-corrected chi connectivity index (χ1v) is 8.24. The first-order valence-electron chi connectivity index (χ1n) is 7.86. The Balaban J connectivity index is 2.96. The van der Waals surface area contributed by atoms with Crippen LogP contribution in [0.25, 0.3) is 0 Å². The maximum Gasteiger partial charge on any atom is 0.0471 e. The minimum Gasteiger partial charge on any atom is -0.370 e. The van der Waals surface area contributed by atoms with Crippen molar-refractivity contribution in [3.63, 3.8) is 0 Å². The maximum absolute atomic E-state index is 6.44. The number of hydrogen-bond donors (Lipinski definition) is 1. The predicted molar refractivity (Wildman–Crippen MR) is 94.5 cm³/mol. The van der Waals surface area contributed by atoms with E-state index in [1.807, 2.05) is 6.07 Å². The lowest BCUT2D eigenvalue weighted by Gasteiger charge is -2.29. The van der Waals surface area contributed by atoms with Crippen LogP contribution in [-0.4, -0.2) is 44.7 Å². The summed E-state index contributed by atoms with van der Waals surface area (Å²) in [5.74, 6) is 0. The smallest absolute Gasteiger partial charge is 0.0471 e. The molecule has 120 valence electrons. The van der Waals surface area contributed by atoms with Crippen LogP contribution in [0.1, 0.15) is 32.8 Å². The minimum absolute atomic E-state index is 0.454. The van der Waals surface area contributed by atoms with Gasteiger partial charge in [0.25, 0.3) is 0 Å². The molecule has 0 atom stereocenters. The van der Waals surface area contributed by atoms with Gasteiger partial charge >= 0.3 is 0 Å². The summed E-state index contributed by atoms with van der Waals surface area (Å²) in [6.07, 6.45) is 1.14. The maximum atomic E-state index is 6.44. The van der Waals surface area contributed by atoms with Gasteiger partial charge in [-0.25, -0.2) is 0 Å². The molecule has 0 aromatic heterocycles. The predicted octanol–water partition coefficient (Wildman–Crippen LogP) is 3.62. The molecule has 0 aliphatic rings. The molecular weight excluding hydrogens is 282 g/mol. The molecule has 1 aromatic rings. The van der Waals surface area contributed by atoms with E-state index in [0.717, 1.165) is 37.6 Å². The second-order valence-electron chi connectivity index (χ2n) is 6.06. The molecule has 1 aromatic carbocycles. The van der Waals surface area contributed by atoms with Crippen molar-refractivity contribution in [2.75, 3.05) is 38.6 Å². The zero-order valence-corrected chi connectivity index (χ0v) is 14.9. The van der Waals surface area contributed by atoms with Crippen molar-refractivity contribution in [2.45, 2.75) is 39.8 Å². The van der Waals surface area contributed by atoms with Crippen LogP contribution < -0.4 is 10.2 Å². The number of halogens is 1. The molecule has 0 saturated heterocycles. The lowest BCUT2D eigenvalue weighted by Crippen LogP contribution is -2.33. The largest absolute Gasteiger partial charge is 0.370 e. The zero-order valence-electron chi connectivity index (χ0n) is 14.1. The van der Waals surface area contributed by atoms with Crippen LogP contribution in [0.5, 0.6) is 0 Å². The number of rotatable bonds is 9. The van der Waals surface area contributed by atoms with E-state index in [1.165, 1.54) is 11.3 Å². The zero-order chi connectivity index (χ0) is 15.8. The van der Waals surface area contributed by atoms with Gasteiger partial charge in [-0.1, -0.05) is 38.4 Å². The second-order valence-corrected chi connectivity index (χ2v) is 6.47. The van der Waals surface area contributed by atoms with Gasteiger partial charge in [-0.3, -0.25) is 0 Å². The van der Waals surface area contributed by atoms with E-state index in [0.29, 0.717) is 6.04 Å². The molecule has 0 aliphatic carbocycles. The minimum atomic E-state index is 0.454. The van der Waals surface area contributed by atoms with Gasteiger partial charge in [-0.2, -0.15) is 0 Å². The van der Waals surface area contributed by atoms with E-state index in [2.05, 4.69) is 62.1 Å². The van der Waals surface area contributed by atoms with E-state index in [1.54, 1.807) is 0 Å². The topological polar surface area (TPSA) is 18.5 Å². The van der Waals surface area contributed by atoms with Crippen LogP contribution >= 0.6 is 11.6 Å². The Morgan fingerprint density at radius 3 is 2.43 bits per heavy atom. The Bertz CT molecular complexity index is 418. The van der Waals surface area contributed by atoms with Gasteiger partial charge in [0.05, 0.1) is 0 Å². The third-order valence-corrected chi connectivity index (χ3v) is 3.79. The van der Waals surface area contributed by atoms with Gasteiger partial charge in [0, 0.05) is 48.5 Å². The molecule has 0 bridgehead atoms. The highest BCUT2D eigenvalue weighted by Crippen LogP contribution is 2.28. The summed E-state index contributed by atoms with van der Waals surface area (Å²) < 4.78 is 0. The summed E-state index contributed by atoms with van der Waals surface area (Å²) >= 11 is 6.44. The van der Waals surface area contributed by atoms with Crippen molar-refractivity contribution in [1.82, 2.24) is 10.2 Å². The summed E-state index contributed by atoms with van der Waals surface area (Å²) in [4.78, 5) is 4.67. The summed E-state index contributed by atoms with van der Waals surface area (Å²) in [6.45, 7) is 10.5. The Morgan fingerprint density at radius 2 is 1.86 bits per heavy atom. The molecule has 0 spiro atoms. The summed E-state index contributed by atoms with van der Waals surface area (Å²) in [6, 6.07) is 6.68. The monoisotopic (exact) mass is 311 g/mol. The Kier molecular flexibility index (Phi) is 8.09. The molecule has 0 amide bonds. The van der Waals surface area contributed by atoms with Crippen LogP contribution in [0, 0.1) is 0 Å². The molecular formula is C17H30ClN3. The molecule has 4 heteroatoms. The van der Waals surface area contributed by atoms with Crippen molar-refractivity contribution < 1.29 is 0 Å². The molecule has 21 heavy (non-hydrogen) atoms. The average Bonchev–Trinajstić information content (AvgIpc) is 2.41. The van der Waals surface area contributed by atoms with Crippen LogP contribution in [0.15, 0.2) is 18.2 Å². The standard InChI is InChI=1S/C17H30ClN3/c1-6-10-21(12-11-20(4)5)17-9-7-8-16(18)15(17)13-19-14(2)3/h7-9,14,19H,6,10-13H2,1-5H3. The van der Waals surface area contributed by atoms with Gasteiger partial charge in [0.15, 0.2) is 0 Å². The Labute approximate surface area is 135 Å². The van der Waals surface area contributed by atoms with E-state index in [9.17, 15) is 0 Å². The van der Waals surface area contributed by atoms with Crippen LogP contribution in [0.2, 0.25) is 5.02 Å². The number of nitrogens with one attached hydrogen (secondary N) is 1. The molecule has 0 heterocycles. The number of likely N-dealkylation sites (N-methyl/N-ethyl adjacent to an activating group) is 1. The highest BCUT2D eigenvalue weighted by molar-refractivity contribution is 6.31. The third kappa shape index (κ3) is 6.25. The molecule has 3 nitrogen and oxygen atoms in total. The number of benzene rings is 1. The molecule has 0 fully saturated rings. The highest BCUT2D eigenvalue weighted by Gasteiger charge is 2.13. The fourth-order valence-corrected chi connectivity index (χ4v) is 2.50. The van der Waals surface area contributed by atoms with Crippen molar-refractivity contribution in [3.8, 4) is 0 Å². The van der Waals surface area contributed by atoms with E-state index < -0.39 is 0 Å². The van der Waals surface area contributed by atoms with E-state index >= 15 is 0 Å². The quantitative estimate of drug-likeness (QED) is 0.751. The number of anilines is 1. The fraction of sp³-hybridized carbons (Fsp3) is 0.647. The van der Waals surface area contributed by atoms with Crippen molar-refractivity contribution in [1.29, 1.82) is 0 Å². The SMILES string of the molecule is CCCN(CCN(C)C)c1cccc(Cl)c1CNC(C)C. The first-order chi connectivity index (χ1) is 9.95. The van der Waals surface area contributed by atoms with Crippen LogP contribution in [-0.2, 0) is 6.54 Å². The van der Waals surface area contributed by atoms with Gasteiger partial charge < -0.3 is 15.1 Å². The van der Waals surface area contributed by atoms with Gasteiger partial charge in [0.1, 0.15) is 0 Å². The molecule has 0 saturated carbocycles. The van der Waals surface area contributed by atoms with E-state index in [-0.39, 0.29) is 0 Å². The van der Waals surface area contributed by atoms with Crippen molar-refractivity contribution >= 4 is 17.3 Å². The third-order valence-electron chi connectivity index (χ3n) is 3.43. The lowest BCUT2D eigenvalue weighted by atomic mass is 10.1. The van der Waals surface area contributed by atoms with Crippen LogP contribution in [0.4, 0.5) is 5.69 Å². The average molecular weight is 312 g/mol. The molecule has 1 rings (SSSR count). The molecule has 0 radical (unpaired) electrons. The summed E-state index contributed by atoms with van der Waals surface area (Å²) in [5, 5.41) is 4.34. The number of nitrogens with zero attached hydrogens (tertiary/aromatic N) is 2. The van der Waals surface area contributed by atoms with Gasteiger partial charge in [0.2, 0.25) is 0 Å². The lowest BCUT2D eigenvalue weighted by molar-refractivity contribution is 0.412. The van der Waals surface area contributed by atoms with Crippen molar-refractivity contribution in [2.24, 2.45) is 0 Å². The van der Waals surface area contributed by atoms with Gasteiger partial charge in [-0.05, 0) is 32.6 Å². The van der Waals surface area contributed by atoms with Crippen LogP contribution in [0.3, 0.4) is 0 Å². The molecule has 0 unspecified atom stereocenters. The Morgan fingerprint density at radius 1 is 1.14 bits per heavy atom. The van der Waals surface area contributed by atoms with Crippen molar-refractivity contribution in [3.05, 3.63) is 28.8 Å².